The minimum absolute atomic E-state index is 0.00503. The fraction of sp³-hybridized carbons (Fsp3) is 0.167. The van der Waals surface area contributed by atoms with Crippen LogP contribution < -0.4 is 0 Å². The largest absolute Gasteiger partial charge is 0.457 e. The molecule has 5 heteroatoms. The molecule has 2 aromatic carbocycles. The number of nitro benzene ring substituents is 1. The van der Waals surface area contributed by atoms with Crippen molar-refractivity contribution in [3.8, 4) is 0 Å². The Balaban J connectivity index is 2.04. The molecule has 0 spiro atoms. The van der Waals surface area contributed by atoms with Crippen molar-refractivity contribution in [2.24, 2.45) is 0 Å². The normalized spacial score (nSPS) is 14.0. The van der Waals surface area contributed by atoms with Gasteiger partial charge in [-0.1, -0.05) is 31.2 Å². The first-order valence-electron chi connectivity index (χ1n) is 7.34. The fourth-order valence-corrected chi connectivity index (χ4v) is 2.62. The molecule has 116 valence electrons. The maximum atomic E-state index is 12.1. The number of non-ortho nitro benzene ring substituents is 1. The van der Waals surface area contributed by atoms with Gasteiger partial charge in [0.05, 0.1) is 10.5 Å². The Morgan fingerprint density at radius 1 is 1.04 bits per heavy atom. The van der Waals surface area contributed by atoms with Crippen LogP contribution in [0, 0.1) is 10.1 Å². The van der Waals surface area contributed by atoms with Gasteiger partial charge in [-0.15, -0.1) is 0 Å². The Hall–Kier alpha value is -2.95. The first-order valence-corrected chi connectivity index (χ1v) is 7.34. The highest BCUT2D eigenvalue weighted by Crippen LogP contribution is 2.33. The van der Waals surface area contributed by atoms with Crippen molar-refractivity contribution in [2.75, 3.05) is 6.61 Å². The van der Waals surface area contributed by atoms with Gasteiger partial charge in [-0.25, -0.2) is 4.79 Å². The summed E-state index contributed by atoms with van der Waals surface area (Å²) in [5, 5.41) is 10.7. The maximum Gasteiger partial charge on any atom is 0.339 e. The summed E-state index contributed by atoms with van der Waals surface area (Å²) in [6.07, 6.45) is 0.948. The summed E-state index contributed by atoms with van der Waals surface area (Å²) >= 11 is 0. The zero-order valence-corrected chi connectivity index (χ0v) is 12.6. The number of aryl methyl sites for hydroxylation is 1. The molecule has 0 amide bonds. The van der Waals surface area contributed by atoms with Gasteiger partial charge in [-0.2, -0.15) is 0 Å². The van der Waals surface area contributed by atoms with Crippen molar-refractivity contribution in [1.82, 2.24) is 0 Å². The molecule has 0 fully saturated rings. The smallest absolute Gasteiger partial charge is 0.339 e. The first-order chi connectivity index (χ1) is 11.1. The lowest BCUT2D eigenvalue weighted by molar-refractivity contribution is -0.384. The van der Waals surface area contributed by atoms with E-state index in [2.05, 4.69) is 6.92 Å². The van der Waals surface area contributed by atoms with Crippen molar-refractivity contribution in [3.63, 3.8) is 0 Å². The highest BCUT2D eigenvalue weighted by Gasteiger charge is 2.27. The number of carbonyl (C=O) groups is 1. The Morgan fingerprint density at radius 3 is 2.22 bits per heavy atom. The molecule has 0 aliphatic carbocycles. The molecule has 0 N–H and O–H groups in total. The number of esters is 1. The predicted molar refractivity (Wildman–Crippen MR) is 86.7 cm³/mol. The van der Waals surface area contributed by atoms with Crippen molar-refractivity contribution in [2.45, 2.75) is 13.3 Å². The van der Waals surface area contributed by atoms with Crippen LogP contribution in [0.25, 0.3) is 11.1 Å². The van der Waals surface area contributed by atoms with Crippen LogP contribution in [0.3, 0.4) is 0 Å². The van der Waals surface area contributed by atoms with Gasteiger partial charge in [-0.3, -0.25) is 10.1 Å². The van der Waals surface area contributed by atoms with E-state index >= 15 is 0 Å². The van der Waals surface area contributed by atoms with E-state index in [9.17, 15) is 14.9 Å². The summed E-state index contributed by atoms with van der Waals surface area (Å²) in [4.78, 5) is 22.4. The Bertz CT molecular complexity index is 789. The SMILES string of the molecule is CCc1ccc(C2=C(c3ccc([N+](=O)[O-])cc3)C(=O)OC2)cc1. The molecule has 2 aromatic rings. The predicted octanol–water partition coefficient (Wildman–Crippen LogP) is 3.62. The van der Waals surface area contributed by atoms with Gasteiger partial charge >= 0.3 is 5.97 Å². The molecule has 0 radical (unpaired) electrons. The van der Waals surface area contributed by atoms with Crippen molar-refractivity contribution >= 4 is 22.8 Å². The number of hydrogen-bond acceptors (Lipinski definition) is 4. The summed E-state index contributed by atoms with van der Waals surface area (Å²) in [6.45, 7) is 2.30. The molecule has 0 aromatic heterocycles. The van der Waals surface area contributed by atoms with Crippen LogP contribution in [0.1, 0.15) is 23.6 Å². The number of carbonyl (C=O) groups excluding carboxylic acids is 1. The van der Waals surface area contributed by atoms with E-state index in [1.54, 1.807) is 12.1 Å². The molecule has 23 heavy (non-hydrogen) atoms. The molecule has 5 nitrogen and oxygen atoms in total. The summed E-state index contributed by atoms with van der Waals surface area (Å²) in [6, 6.07) is 14.0. The number of ether oxygens (including phenoxy) is 1. The molecule has 1 aliphatic rings. The quantitative estimate of drug-likeness (QED) is 0.491. The van der Waals surface area contributed by atoms with E-state index in [0.717, 1.165) is 17.6 Å². The lowest BCUT2D eigenvalue weighted by atomic mass is 9.95. The van der Waals surface area contributed by atoms with Gasteiger partial charge in [0.15, 0.2) is 0 Å². The van der Waals surface area contributed by atoms with E-state index in [-0.39, 0.29) is 12.3 Å². The van der Waals surface area contributed by atoms with E-state index < -0.39 is 10.9 Å². The Morgan fingerprint density at radius 2 is 1.65 bits per heavy atom. The second kappa shape index (κ2) is 6.04. The van der Waals surface area contributed by atoms with E-state index in [4.69, 9.17) is 4.74 Å². The molecular weight excluding hydrogens is 294 g/mol. The van der Waals surface area contributed by atoms with Gasteiger partial charge in [0.25, 0.3) is 5.69 Å². The minimum atomic E-state index is -0.463. The lowest BCUT2D eigenvalue weighted by Gasteiger charge is -2.05. The second-order valence-corrected chi connectivity index (χ2v) is 5.28. The van der Waals surface area contributed by atoms with E-state index in [1.807, 2.05) is 24.3 Å². The molecule has 0 unspecified atom stereocenters. The van der Waals surface area contributed by atoms with Crippen LogP contribution in [0.15, 0.2) is 48.5 Å². The van der Waals surface area contributed by atoms with E-state index in [1.165, 1.54) is 17.7 Å². The number of benzene rings is 2. The minimum Gasteiger partial charge on any atom is -0.457 e. The van der Waals surface area contributed by atoms with Gasteiger partial charge < -0.3 is 4.74 Å². The molecule has 3 rings (SSSR count). The molecule has 0 bridgehead atoms. The lowest BCUT2D eigenvalue weighted by Crippen LogP contribution is -1.98. The third kappa shape index (κ3) is 2.85. The highest BCUT2D eigenvalue weighted by molar-refractivity contribution is 6.27. The van der Waals surface area contributed by atoms with Crippen LogP contribution in [0.2, 0.25) is 0 Å². The molecule has 0 saturated heterocycles. The van der Waals surface area contributed by atoms with Crippen LogP contribution in [-0.2, 0) is 16.0 Å². The standard InChI is InChI=1S/C18H15NO4/c1-2-12-3-5-13(6-4-12)16-11-23-18(20)17(16)14-7-9-15(10-8-14)19(21)22/h3-10H,2,11H2,1H3. The average Bonchev–Trinajstić information content (AvgIpc) is 2.96. The number of rotatable bonds is 4. The molecule has 1 aliphatic heterocycles. The molecule has 0 atom stereocenters. The van der Waals surface area contributed by atoms with E-state index in [0.29, 0.717) is 11.1 Å². The van der Waals surface area contributed by atoms with Crippen LogP contribution >= 0.6 is 0 Å². The number of cyclic esters (lactones) is 1. The number of nitro groups is 1. The van der Waals surface area contributed by atoms with Gasteiger partial charge in [-0.05, 0) is 35.2 Å². The fourth-order valence-electron chi connectivity index (χ4n) is 2.62. The second-order valence-electron chi connectivity index (χ2n) is 5.28. The Kier molecular flexibility index (Phi) is 3.93. The van der Waals surface area contributed by atoms with Crippen molar-refractivity contribution < 1.29 is 14.5 Å². The average molecular weight is 309 g/mol. The molecule has 1 heterocycles. The van der Waals surface area contributed by atoms with Gasteiger partial charge in [0.1, 0.15) is 6.61 Å². The highest BCUT2D eigenvalue weighted by atomic mass is 16.6. The monoisotopic (exact) mass is 309 g/mol. The molecular formula is C18H15NO4. The van der Waals surface area contributed by atoms with Crippen LogP contribution in [0.5, 0.6) is 0 Å². The summed E-state index contributed by atoms with van der Waals surface area (Å²) < 4.78 is 5.17. The summed E-state index contributed by atoms with van der Waals surface area (Å²) in [5.41, 5.74) is 4.07. The van der Waals surface area contributed by atoms with Crippen molar-refractivity contribution in [3.05, 3.63) is 75.3 Å². The Labute approximate surface area is 133 Å². The van der Waals surface area contributed by atoms with Gasteiger partial charge in [0.2, 0.25) is 0 Å². The van der Waals surface area contributed by atoms with Crippen molar-refractivity contribution in [1.29, 1.82) is 0 Å². The third-order valence-corrected chi connectivity index (χ3v) is 3.93. The topological polar surface area (TPSA) is 69.4 Å². The maximum absolute atomic E-state index is 12.1. The third-order valence-electron chi connectivity index (χ3n) is 3.93. The number of hydrogen-bond donors (Lipinski definition) is 0. The van der Waals surface area contributed by atoms with Crippen LogP contribution in [-0.4, -0.2) is 17.5 Å². The number of nitrogens with zero attached hydrogens (tertiary/aromatic N) is 1. The zero-order chi connectivity index (χ0) is 16.4. The summed E-state index contributed by atoms with van der Waals surface area (Å²) in [5.74, 6) is -0.395. The van der Waals surface area contributed by atoms with Gasteiger partial charge in [0, 0.05) is 17.7 Å². The zero-order valence-electron chi connectivity index (χ0n) is 12.6. The first kappa shape index (κ1) is 15.0. The molecule has 0 saturated carbocycles. The summed E-state index contributed by atoms with van der Waals surface area (Å²) in [7, 11) is 0. The van der Waals surface area contributed by atoms with Crippen LogP contribution in [0.4, 0.5) is 5.69 Å².